The molecule has 0 unspecified atom stereocenters. The molecule has 0 spiro atoms. The van der Waals surface area contributed by atoms with Crippen LogP contribution < -0.4 is 0 Å². The van der Waals surface area contributed by atoms with Gasteiger partial charge in [0.15, 0.2) is 0 Å². The van der Waals surface area contributed by atoms with Crippen LogP contribution in [0.15, 0.2) is 36.7 Å². The Morgan fingerprint density at radius 2 is 1.91 bits per heavy atom. The molecule has 2 rings (SSSR count). The van der Waals surface area contributed by atoms with Gasteiger partial charge in [-0.25, -0.2) is 4.79 Å². The van der Waals surface area contributed by atoms with Crippen LogP contribution in [-0.4, -0.2) is 41.5 Å². The third-order valence-corrected chi connectivity index (χ3v) is 3.57. The largest absolute Gasteiger partial charge is 0.462 e. The molecule has 0 N–H and O–H groups in total. The first-order valence-corrected chi connectivity index (χ1v) is 7.56. The van der Waals surface area contributed by atoms with Gasteiger partial charge in [0.05, 0.1) is 18.8 Å². The zero-order chi connectivity index (χ0) is 15.9. The monoisotopic (exact) mass is 302 g/mol. The van der Waals surface area contributed by atoms with Crippen LogP contribution in [0.1, 0.15) is 36.2 Å². The quantitative estimate of drug-likeness (QED) is 0.757. The molecule has 1 aromatic rings. The number of hydrogen-bond acceptors (Lipinski definition) is 4. The van der Waals surface area contributed by atoms with Crippen molar-refractivity contribution in [3.05, 3.63) is 47.8 Å². The highest BCUT2D eigenvalue weighted by molar-refractivity contribution is 5.89. The molecule has 1 aliphatic rings. The van der Waals surface area contributed by atoms with E-state index in [0.717, 1.165) is 19.4 Å². The van der Waals surface area contributed by atoms with Crippen LogP contribution in [0.3, 0.4) is 0 Å². The summed E-state index contributed by atoms with van der Waals surface area (Å²) in [4.78, 5) is 26.6. The first kappa shape index (κ1) is 16.1. The molecule has 0 aliphatic carbocycles. The van der Waals surface area contributed by atoms with Crippen molar-refractivity contribution < 1.29 is 14.3 Å². The van der Waals surface area contributed by atoms with Gasteiger partial charge in [-0.1, -0.05) is 12.1 Å². The van der Waals surface area contributed by atoms with Gasteiger partial charge in [0.25, 0.3) is 0 Å². The molecule has 0 bridgehead atoms. The summed E-state index contributed by atoms with van der Waals surface area (Å²) in [5, 5.41) is 0. The van der Waals surface area contributed by atoms with E-state index in [2.05, 4.69) is 4.90 Å². The van der Waals surface area contributed by atoms with Crippen LogP contribution in [0.25, 0.3) is 0 Å². The predicted molar refractivity (Wildman–Crippen MR) is 84.0 cm³/mol. The maximum absolute atomic E-state index is 11.6. The number of nitrogens with zero attached hydrogens (tertiary/aromatic N) is 2. The maximum Gasteiger partial charge on any atom is 0.338 e. The molecule has 1 heterocycles. The third-order valence-electron chi connectivity index (χ3n) is 3.57. The molecule has 22 heavy (non-hydrogen) atoms. The van der Waals surface area contributed by atoms with Crippen LogP contribution in [0.4, 0.5) is 0 Å². The van der Waals surface area contributed by atoms with Crippen molar-refractivity contribution >= 4 is 11.9 Å². The number of rotatable bonds is 6. The van der Waals surface area contributed by atoms with Crippen LogP contribution in [0.5, 0.6) is 0 Å². The Morgan fingerprint density at radius 3 is 2.50 bits per heavy atom. The lowest BCUT2D eigenvalue weighted by atomic mass is 10.1. The van der Waals surface area contributed by atoms with Crippen LogP contribution in [0.2, 0.25) is 0 Å². The SMILES string of the molecule is CCOC(=O)c1ccc(CCCN2C=CN(C(C)=O)C2)cc1. The van der Waals surface area contributed by atoms with Crippen LogP contribution in [0, 0.1) is 0 Å². The number of benzene rings is 1. The lowest BCUT2D eigenvalue weighted by Crippen LogP contribution is -2.29. The fraction of sp³-hybridized carbons (Fsp3) is 0.412. The summed E-state index contributed by atoms with van der Waals surface area (Å²) in [6, 6.07) is 7.54. The zero-order valence-corrected chi connectivity index (χ0v) is 13.1. The summed E-state index contributed by atoms with van der Waals surface area (Å²) in [6.45, 7) is 5.30. The average Bonchev–Trinajstić information content (AvgIpc) is 2.97. The van der Waals surface area contributed by atoms with Crippen molar-refractivity contribution in [2.24, 2.45) is 0 Å². The topological polar surface area (TPSA) is 49.9 Å². The Balaban J connectivity index is 1.75. The van der Waals surface area contributed by atoms with Gasteiger partial charge in [-0.2, -0.15) is 0 Å². The minimum atomic E-state index is -0.277. The number of ether oxygens (including phenoxy) is 1. The van der Waals surface area contributed by atoms with E-state index in [1.807, 2.05) is 24.5 Å². The maximum atomic E-state index is 11.6. The van der Waals surface area contributed by atoms with Gasteiger partial charge in [-0.05, 0) is 37.5 Å². The molecule has 0 radical (unpaired) electrons. The van der Waals surface area contributed by atoms with Crippen molar-refractivity contribution in [2.75, 3.05) is 19.8 Å². The predicted octanol–water partition coefficient (Wildman–Crippen LogP) is 2.39. The minimum absolute atomic E-state index is 0.0632. The number of carbonyl (C=O) groups is 2. The molecule has 1 aliphatic heterocycles. The highest BCUT2D eigenvalue weighted by Gasteiger charge is 2.14. The first-order valence-electron chi connectivity index (χ1n) is 7.56. The van der Waals surface area contributed by atoms with Crippen molar-refractivity contribution in [2.45, 2.75) is 26.7 Å². The second-order valence-electron chi connectivity index (χ2n) is 5.26. The van der Waals surface area contributed by atoms with E-state index in [0.29, 0.717) is 18.8 Å². The molecule has 0 saturated carbocycles. The standard InChI is InChI=1S/C17H22N2O3/c1-3-22-17(21)16-8-6-15(7-9-16)5-4-10-18-11-12-19(13-18)14(2)20/h6-9,11-12H,3-5,10,13H2,1-2H3. The second kappa shape index (κ2) is 7.64. The third kappa shape index (κ3) is 4.35. The molecule has 1 amide bonds. The molecule has 0 saturated heterocycles. The Labute approximate surface area is 131 Å². The van der Waals surface area contributed by atoms with E-state index >= 15 is 0 Å². The highest BCUT2D eigenvalue weighted by atomic mass is 16.5. The van der Waals surface area contributed by atoms with Crippen molar-refractivity contribution in [1.82, 2.24) is 9.80 Å². The zero-order valence-electron chi connectivity index (χ0n) is 13.1. The summed E-state index contributed by atoms with van der Waals surface area (Å²) >= 11 is 0. The van der Waals surface area contributed by atoms with Crippen LogP contribution >= 0.6 is 0 Å². The van der Waals surface area contributed by atoms with Gasteiger partial charge in [0.1, 0.15) is 0 Å². The van der Waals surface area contributed by atoms with E-state index in [-0.39, 0.29) is 11.9 Å². The summed E-state index contributed by atoms with van der Waals surface area (Å²) in [6.07, 6.45) is 5.70. The summed E-state index contributed by atoms with van der Waals surface area (Å²) in [5.41, 5.74) is 1.78. The van der Waals surface area contributed by atoms with E-state index < -0.39 is 0 Å². The van der Waals surface area contributed by atoms with Crippen molar-refractivity contribution in [3.8, 4) is 0 Å². The van der Waals surface area contributed by atoms with E-state index in [1.165, 1.54) is 5.56 Å². The first-order chi connectivity index (χ1) is 10.6. The van der Waals surface area contributed by atoms with Gasteiger partial charge >= 0.3 is 5.97 Å². The van der Waals surface area contributed by atoms with Crippen LogP contribution in [-0.2, 0) is 16.0 Å². The van der Waals surface area contributed by atoms with Crippen molar-refractivity contribution in [3.63, 3.8) is 0 Å². The number of aryl methyl sites for hydroxylation is 1. The fourth-order valence-electron chi connectivity index (χ4n) is 2.32. The number of carbonyl (C=O) groups excluding carboxylic acids is 2. The molecular formula is C17H22N2O3. The highest BCUT2D eigenvalue weighted by Crippen LogP contribution is 2.11. The number of amides is 1. The molecule has 118 valence electrons. The lowest BCUT2D eigenvalue weighted by molar-refractivity contribution is -0.126. The Morgan fingerprint density at radius 1 is 1.18 bits per heavy atom. The summed E-state index contributed by atoms with van der Waals surface area (Å²) < 4.78 is 4.96. The lowest BCUT2D eigenvalue weighted by Gasteiger charge is -2.18. The molecule has 5 nitrogen and oxygen atoms in total. The van der Waals surface area contributed by atoms with Gasteiger partial charge in [0.2, 0.25) is 5.91 Å². The molecule has 0 fully saturated rings. The molecule has 0 atom stereocenters. The summed E-state index contributed by atoms with van der Waals surface area (Å²) in [7, 11) is 0. The Bertz CT molecular complexity index is 552. The van der Waals surface area contributed by atoms with E-state index in [4.69, 9.17) is 4.74 Å². The normalized spacial score (nSPS) is 13.5. The molecule has 1 aromatic carbocycles. The number of esters is 1. The smallest absolute Gasteiger partial charge is 0.338 e. The second-order valence-corrected chi connectivity index (χ2v) is 5.26. The Hall–Kier alpha value is -2.30. The molecule has 0 aromatic heterocycles. The fourth-order valence-corrected chi connectivity index (χ4v) is 2.32. The van der Waals surface area contributed by atoms with Gasteiger partial charge in [0, 0.05) is 25.9 Å². The van der Waals surface area contributed by atoms with Gasteiger partial charge in [-0.15, -0.1) is 0 Å². The summed E-state index contributed by atoms with van der Waals surface area (Å²) in [5.74, 6) is -0.214. The van der Waals surface area contributed by atoms with Gasteiger partial charge in [-0.3, -0.25) is 9.69 Å². The Kier molecular flexibility index (Phi) is 5.58. The molecular weight excluding hydrogens is 280 g/mol. The van der Waals surface area contributed by atoms with Gasteiger partial charge < -0.3 is 9.64 Å². The van der Waals surface area contributed by atoms with E-state index in [9.17, 15) is 9.59 Å². The minimum Gasteiger partial charge on any atom is -0.462 e. The average molecular weight is 302 g/mol. The van der Waals surface area contributed by atoms with Crippen molar-refractivity contribution in [1.29, 1.82) is 0 Å². The van der Waals surface area contributed by atoms with E-state index in [1.54, 1.807) is 30.9 Å². The molecule has 5 heteroatoms. The number of hydrogen-bond donors (Lipinski definition) is 0.